The highest BCUT2D eigenvalue weighted by Gasteiger charge is 2.33. The number of fused-ring (bicyclic) bond motifs is 2. The Balaban J connectivity index is 1.43. The van der Waals surface area contributed by atoms with E-state index in [1.54, 1.807) is 24.1 Å². The van der Waals surface area contributed by atoms with Gasteiger partial charge in [-0.15, -0.1) is 11.3 Å². The molecule has 0 aliphatic carbocycles. The van der Waals surface area contributed by atoms with E-state index in [1.165, 1.54) is 11.3 Å². The number of ether oxygens (including phenoxy) is 3. The van der Waals surface area contributed by atoms with Crippen molar-refractivity contribution >= 4 is 56.1 Å². The van der Waals surface area contributed by atoms with Crippen LogP contribution in [0.4, 0.5) is 4.79 Å². The quantitative estimate of drug-likeness (QED) is 0.155. The number of hydrogen-bond donors (Lipinski definition) is 1. The van der Waals surface area contributed by atoms with Crippen molar-refractivity contribution in [1.82, 2.24) is 19.7 Å². The summed E-state index contributed by atoms with van der Waals surface area (Å²) in [7, 11) is 3.50. The lowest BCUT2D eigenvalue weighted by molar-refractivity contribution is -0.160. The molecule has 0 spiro atoms. The molecule has 2 unspecified atom stereocenters. The number of carbonyl (C=O) groups excluding carboxylic acids is 1. The molecule has 5 aromatic rings. The zero-order valence-electron chi connectivity index (χ0n) is 27.9. The van der Waals surface area contributed by atoms with Crippen LogP contribution in [-0.2, 0) is 26.1 Å². The standard InChI is InChI=1S/C36H39ClN4O6S/c1-20-17-26-32(29(21-7-10-24(37)11-8-21)28(20)31(34(42)43)47-36(2,3)4)48-33(38-26)22-9-12-27-25(18-22)30(39-40(27)5)23-13-14-41(19-23)35(44)46-16-15-45-6/h7-12,17-18,23,31H,13-16,19H2,1-6H3,(H,42,43). The Hall–Kier alpha value is -4.03. The van der Waals surface area contributed by atoms with E-state index in [4.69, 9.17) is 35.9 Å². The second kappa shape index (κ2) is 13.5. The number of aromatic nitrogens is 3. The molecule has 252 valence electrons. The molecule has 3 aromatic carbocycles. The molecule has 1 fully saturated rings. The fourth-order valence-electron chi connectivity index (χ4n) is 6.34. The summed E-state index contributed by atoms with van der Waals surface area (Å²) in [6.45, 7) is 9.15. The van der Waals surface area contributed by atoms with Gasteiger partial charge in [0.15, 0.2) is 6.10 Å². The molecular formula is C36H39ClN4O6S. The van der Waals surface area contributed by atoms with Crippen LogP contribution >= 0.6 is 22.9 Å². The molecule has 0 radical (unpaired) electrons. The zero-order chi connectivity index (χ0) is 34.3. The maximum absolute atomic E-state index is 12.7. The SMILES string of the molecule is COCCOC(=O)N1CCC(c2nn(C)c3ccc(-c4nc5cc(C)c(C(OC(C)(C)C)C(=O)O)c(-c6ccc(Cl)cc6)c5s4)cc23)C1. The van der Waals surface area contributed by atoms with Crippen LogP contribution in [0.1, 0.15) is 56.0 Å². The van der Waals surface area contributed by atoms with E-state index in [0.717, 1.165) is 60.5 Å². The number of carboxylic acids is 1. The predicted molar refractivity (Wildman–Crippen MR) is 188 cm³/mol. The Morgan fingerprint density at radius 3 is 2.52 bits per heavy atom. The summed E-state index contributed by atoms with van der Waals surface area (Å²) in [6, 6.07) is 15.6. The Morgan fingerprint density at radius 1 is 1.10 bits per heavy atom. The van der Waals surface area contributed by atoms with Crippen molar-refractivity contribution in [2.75, 3.05) is 33.4 Å². The number of carbonyl (C=O) groups is 2. The maximum atomic E-state index is 12.7. The first-order valence-electron chi connectivity index (χ1n) is 15.8. The van der Waals surface area contributed by atoms with E-state index >= 15 is 0 Å². The first-order valence-corrected chi connectivity index (χ1v) is 17.0. The summed E-state index contributed by atoms with van der Waals surface area (Å²) in [5.41, 5.74) is 5.90. The van der Waals surface area contributed by atoms with Gasteiger partial charge in [-0.05, 0) is 81.6 Å². The van der Waals surface area contributed by atoms with Gasteiger partial charge in [-0.1, -0.05) is 23.7 Å². The monoisotopic (exact) mass is 690 g/mol. The van der Waals surface area contributed by atoms with Crippen molar-refractivity contribution in [1.29, 1.82) is 0 Å². The molecular weight excluding hydrogens is 652 g/mol. The zero-order valence-corrected chi connectivity index (χ0v) is 29.4. The average Bonchev–Trinajstić information content (AvgIpc) is 3.77. The van der Waals surface area contributed by atoms with Gasteiger partial charge in [-0.3, -0.25) is 4.68 Å². The number of halogens is 1. The molecule has 1 aliphatic rings. The molecule has 3 heterocycles. The second-order valence-corrected chi connectivity index (χ2v) is 14.5. The van der Waals surface area contributed by atoms with Crippen LogP contribution in [0.25, 0.3) is 42.8 Å². The number of rotatable bonds is 9. The number of aryl methyl sites for hydroxylation is 2. The summed E-state index contributed by atoms with van der Waals surface area (Å²) >= 11 is 7.78. The van der Waals surface area contributed by atoms with Crippen LogP contribution in [0.2, 0.25) is 5.02 Å². The van der Waals surface area contributed by atoms with Crippen LogP contribution in [0, 0.1) is 6.92 Å². The molecule has 6 rings (SSSR count). The lowest BCUT2D eigenvalue weighted by Gasteiger charge is -2.28. The number of benzene rings is 3. The number of thiazole rings is 1. The molecule has 10 nitrogen and oxygen atoms in total. The molecule has 1 amide bonds. The highest BCUT2D eigenvalue weighted by molar-refractivity contribution is 7.22. The first-order chi connectivity index (χ1) is 22.8. The Morgan fingerprint density at radius 2 is 1.83 bits per heavy atom. The third-order valence-electron chi connectivity index (χ3n) is 8.49. The van der Waals surface area contributed by atoms with Gasteiger partial charge in [0.1, 0.15) is 11.6 Å². The molecule has 2 aromatic heterocycles. The summed E-state index contributed by atoms with van der Waals surface area (Å²) < 4.78 is 19.2. The third kappa shape index (κ3) is 6.78. The van der Waals surface area contributed by atoms with Gasteiger partial charge in [0.05, 0.1) is 33.6 Å². The lowest BCUT2D eigenvalue weighted by Crippen LogP contribution is -2.30. The number of hydrogen-bond acceptors (Lipinski definition) is 8. The first kappa shape index (κ1) is 33.9. The summed E-state index contributed by atoms with van der Waals surface area (Å²) in [5.74, 6) is -0.998. The van der Waals surface area contributed by atoms with Crippen molar-refractivity contribution in [3.05, 3.63) is 70.4 Å². The number of aliphatic carboxylic acids is 1. The van der Waals surface area contributed by atoms with E-state index in [2.05, 4.69) is 6.07 Å². The van der Waals surface area contributed by atoms with Crippen LogP contribution in [0.15, 0.2) is 48.5 Å². The van der Waals surface area contributed by atoms with Crippen LogP contribution in [0.5, 0.6) is 0 Å². The van der Waals surface area contributed by atoms with Crippen molar-refractivity contribution < 1.29 is 28.9 Å². The average molecular weight is 691 g/mol. The molecule has 1 N–H and O–H groups in total. The smallest absolute Gasteiger partial charge is 0.409 e. The van der Waals surface area contributed by atoms with E-state index < -0.39 is 17.7 Å². The van der Waals surface area contributed by atoms with Crippen molar-refractivity contribution in [2.45, 2.75) is 51.7 Å². The van der Waals surface area contributed by atoms with Crippen LogP contribution in [-0.4, -0.2) is 75.8 Å². The Labute approximate surface area is 288 Å². The molecule has 1 saturated heterocycles. The molecule has 48 heavy (non-hydrogen) atoms. The second-order valence-electron chi connectivity index (χ2n) is 13.1. The van der Waals surface area contributed by atoms with Crippen molar-refractivity contribution in [2.24, 2.45) is 7.05 Å². The van der Waals surface area contributed by atoms with E-state index in [9.17, 15) is 14.7 Å². The topological polar surface area (TPSA) is 116 Å². The Kier molecular flexibility index (Phi) is 9.50. The molecule has 2 atom stereocenters. The fraction of sp³-hybridized carbons (Fsp3) is 0.389. The maximum Gasteiger partial charge on any atom is 0.409 e. The van der Waals surface area contributed by atoms with Gasteiger partial charge < -0.3 is 24.2 Å². The number of carboxylic acid groups (broad SMARTS) is 1. The normalized spacial score (nSPS) is 15.8. The summed E-state index contributed by atoms with van der Waals surface area (Å²) in [4.78, 5) is 32.1. The highest BCUT2D eigenvalue weighted by atomic mass is 35.5. The van der Waals surface area contributed by atoms with Crippen LogP contribution in [0.3, 0.4) is 0 Å². The van der Waals surface area contributed by atoms with Gasteiger partial charge in [0, 0.05) is 60.3 Å². The lowest BCUT2D eigenvalue weighted by atomic mass is 9.91. The minimum atomic E-state index is -1.19. The minimum Gasteiger partial charge on any atom is -0.479 e. The molecule has 1 aliphatic heterocycles. The summed E-state index contributed by atoms with van der Waals surface area (Å²) in [5, 5.41) is 17.7. The molecule has 12 heteroatoms. The number of likely N-dealkylation sites (tertiary alicyclic amines) is 1. The van der Waals surface area contributed by atoms with Gasteiger partial charge in [0.25, 0.3) is 0 Å². The van der Waals surface area contributed by atoms with Crippen molar-refractivity contribution in [3.8, 4) is 21.7 Å². The van der Waals surface area contributed by atoms with E-state index in [0.29, 0.717) is 30.3 Å². The number of nitrogens with zero attached hydrogens (tertiary/aromatic N) is 4. The van der Waals surface area contributed by atoms with E-state index in [1.807, 2.05) is 69.8 Å². The molecule has 0 bridgehead atoms. The number of methoxy groups -OCH3 is 1. The fourth-order valence-corrected chi connectivity index (χ4v) is 7.59. The van der Waals surface area contributed by atoms with Gasteiger partial charge in [0.2, 0.25) is 0 Å². The van der Waals surface area contributed by atoms with Gasteiger partial charge in [-0.2, -0.15) is 5.10 Å². The van der Waals surface area contributed by atoms with Crippen molar-refractivity contribution in [3.63, 3.8) is 0 Å². The summed E-state index contributed by atoms with van der Waals surface area (Å²) in [6.07, 6.45) is -0.748. The van der Waals surface area contributed by atoms with Gasteiger partial charge >= 0.3 is 12.1 Å². The highest BCUT2D eigenvalue weighted by Crippen LogP contribution is 2.45. The Bertz CT molecular complexity index is 2000. The minimum absolute atomic E-state index is 0.0618. The predicted octanol–water partition coefficient (Wildman–Crippen LogP) is 7.99. The van der Waals surface area contributed by atoms with Crippen LogP contribution < -0.4 is 0 Å². The third-order valence-corrected chi connectivity index (χ3v) is 9.88. The van der Waals surface area contributed by atoms with E-state index in [-0.39, 0.29) is 18.6 Å². The van der Waals surface area contributed by atoms with Gasteiger partial charge in [-0.25, -0.2) is 14.6 Å². The number of amides is 1. The molecule has 0 saturated carbocycles. The largest absolute Gasteiger partial charge is 0.479 e.